The summed E-state index contributed by atoms with van der Waals surface area (Å²) in [6.07, 6.45) is 0.880. The fourth-order valence-electron chi connectivity index (χ4n) is 2.20. The van der Waals surface area contributed by atoms with Crippen LogP contribution in [0.3, 0.4) is 0 Å². The molecule has 0 spiro atoms. The van der Waals surface area contributed by atoms with Crippen LogP contribution in [0.4, 0.5) is 5.13 Å². The van der Waals surface area contributed by atoms with Crippen LogP contribution in [-0.2, 0) is 6.42 Å². The topological polar surface area (TPSA) is 64.1 Å². The van der Waals surface area contributed by atoms with Crippen LogP contribution in [0.25, 0.3) is 0 Å². The minimum Gasteiger partial charge on any atom is -0.493 e. The Morgan fingerprint density at radius 1 is 1.43 bits per heavy atom. The van der Waals surface area contributed by atoms with E-state index in [1.54, 1.807) is 0 Å². The van der Waals surface area contributed by atoms with Crippen LogP contribution in [-0.4, -0.2) is 34.9 Å². The number of anilines is 1. The van der Waals surface area contributed by atoms with E-state index >= 15 is 0 Å². The second-order valence-electron chi connectivity index (χ2n) is 5.78. The Morgan fingerprint density at radius 2 is 2.30 bits per heavy atom. The highest BCUT2D eigenvalue weighted by Gasteiger charge is 2.16. The summed E-state index contributed by atoms with van der Waals surface area (Å²) in [5.41, 5.74) is 1.86. The van der Waals surface area contributed by atoms with Crippen LogP contribution in [0.15, 0.2) is 22.5 Å². The molecular formula is C16H19N3O2S2. The molecule has 1 aliphatic heterocycles. The maximum absolute atomic E-state index is 12.3. The lowest BCUT2D eigenvalue weighted by Crippen LogP contribution is -2.07. The largest absolute Gasteiger partial charge is 0.493 e. The maximum atomic E-state index is 12.3. The molecule has 2 aromatic rings. The third kappa shape index (κ3) is 4.23. The van der Waals surface area contributed by atoms with E-state index < -0.39 is 0 Å². The molecule has 1 N–H and O–H groups in total. The van der Waals surface area contributed by atoms with Gasteiger partial charge in [0.25, 0.3) is 0 Å². The molecule has 1 aromatic heterocycles. The molecule has 0 saturated carbocycles. The Labute approximate surface area is 143 Å². The summed E-state index contributed by atoms with van der Waals surface area (Å²) in [4.78, 5) is 12.3. The number of carbonyl (C=O) groups is 1. The van der Waals surface area contributed by atoms with Gasteiger partial charge in [-0.05, 0) is 29.7 Å². The minimum absolute atomic E-state index is 0.108. The number of thioether (sulfide) groups is 1. The van der Waals surface area contributed by atoms with E-state index in [1.807, 2.05) is 18.2 Å². The van der Waals surface area contributed by atoms with Crippen molar-refractivity contribution in [2.75, 3.05) is 24.2 Å². The van der Waals surface area contributed by atoms with E-state index in [1.165, 1.54) is 23.1 Å². The third-order valence-corrected chi connectivity index (χ3v) is 5.42. The summed E-state index contributed by atoms with van der Waals surface area (Å²) in [6, 6.07) is 5.67. The fraction of sp³-hybridized carbons (Fsp3) is 0.438. The van der Waals surface area contributed by atoms with Gasteiger partial charge in [-0.3, -0.25) is 4.79 Å². The third-order valence-electron chi connectivity index (χ3n) is 3.41. The number of benzene rings is 1. The number of hydrogen-bond donors (Lipinski definition) is 1. The van der Waals surface area contributed by atoms with Gasteiger partial charge in [0.2, 0.25) is 5.13 Å². The molecule has 23 heavy (non-hydrogen) atoms. The highest BCUT2D eigenvalue weighted by atomic mass is 32.2. The molecule has 0 atom stereocenters. The quantitative estimate of drug-likeness (QED) is 0.609. The predicted octanol–water partition coefficient (Wildman–Crippen LogP) is 3.52. The Balaban J connectivity index is 1.55. The first-order chi connectivity index (χ1) is 11.1. The number of nitrogens with zero attached hydrogens (tertiary/aromatic N) is 2. The summed E-state index contributed by atoms with van der Waals surface area (Å²) in [5, 5.41) is 12.3. The smallest absolute Gasteiger partial charge is 0.206 e. The van der Waals surface area contributed by atoms with Gasteiger partial charge in [-0.1, -0.05) is 36.9 Å². The number of Topliss-reactive ketones (excluding diaryl/α,β-unsaturated/α-hetero) is 1. The van der Waals surface area contributed by atoms with Crippen molar-refractivity contribution in [1.82, 2.24) is 10.2 Å². The molecule has 0 fully saturated rings. The zero-order valence-electron chi connectivity index (χ0n) is 13.2. The summed E-state index contributed by atoms with van der Waals surface area (Å²) >= 11 is 2.93. The van der Waals surface area contributed by atoms with E-state index in [0.29, 0.717) is 18.3 Å². The first-order valence-electron chi connectivity index (χ1n) is 7.61. The molecule has 5 nitrogen and oxygen atoms in total. The van der Waals surface area contributed by atoms with E-state index in [0.717, 1.165) is 39.3 Å². The Hall–Kier alpha value is -1.60. The van der Waals surface area contributed by atoms with Crippen molar-refractivity contribution in [1.29, 1.82) is 0 Å². The van der Waals surface area contributed by atoms with Crippen molar-refractivity contribution < 1.29 is 9.53 Å². The number of rotatable bonds is 7. The van der Waals surface area contributed by atoms with Gasteiger partial charge in [0, 0.05) is 18.5 Å². The Kier molecular flexibility index (Phi) is 5.17. The molecule has 0 unspecified atom stereocenters. The lowest BCUT2D eigenvalue weighted by atomic mass is 10.1. The molecule has 1 aromatic carbocycles. The number of ether oxygens (including phenoxy) is 1. The van der Waals surface area contributed by atoms with Gasteiger partial charge < -0.3 is 10.1 Å². The monoisotopic (exact) mass is 349 g/mol. The van der Waals surface area contributed by atoms with Crippen molar-refractivity contribution in [2.24, 2.45) is 5.92 Å². The van der Waals surface area contributed by atoms with Crippen LogP contribution >= 0.6 is 23.1 Å². The van der Waals surface area contributed by atoms with Gasteiger partial charge in [0.1, 0.15) is 5.75 Å². The second-order valence-corrected chi connectivity index (χ2v) is 7.98. The van der Waals surface area contributed by atoms with Gasteiger partial charge in [0.15, 0.2) is 10.1 Å². The van der Waals surface area contributed by atoms with Crippen molar-refractivity contribution in [3.05, 3.63) is 29.3 Å². The Bertz CT molecular complexity index is 700. The highest BCUT2D eigenvalue weighted by Crippen LogP contribution is 2.28. The van der Waals surface area contributed by atoms with E-state index in [9.17, 15) is 4.79 Å². The lowest BCUT2D eigenvalue weighted by Gasteiger charge is -2.03. The Morgan fingerprint density at radius 3 is 3.13 bits per heavy atom. The molecule has 0 saturated heterocycles. The molecule has 0 amide bonds. The zero-order chi connectivity index (χ0) is 16.2. The molecule has 7 heteroatoms. The second kappa shape index (κ2) is 7.31. The SMILES string of the molecule is CC(C)CNc1nnc(SCC(=O)c2ccc3c(c2)CCO3)s1. The van der Waals surface area contributed by atoms with Crippen molar-refractivity contribution in [3.63, 3.8) is 0 Å². The molecule has 0 radical (unpaired) electrons. The number of carbonyl (C=O) groups excluding carboxylic acids is 1. The van der Waals surface area contributed by atoms with Crippen LogP contribution < -0.4 is 10.1 Å². The normalized spacial score (nSPS) is 13.0. The van der Waals surface area contributed by atoms with Crippen molar-refractivity contribution in [2.45, 2.75) is 24.6 Å². The maximum Gasteiger partial charge on any atom is 0.206 e. The molecule has 1 aliphatic rings. The van der Waals surface area contributed by atoms with Crippen LogP contribution in [0.5, 0.6) is 5.75 Å². The van der Waals surface area contributed by atoms with E-state index in [4.69, 9.17) is 4.74 Å². The lowest BCUT2D eigenvalue weighted by molar-refractivity contribution is 0.102. The number of fused-ring (bicyclic) bond motifs is 1. The van der Waals surface area contributed by atoms with E-state index in [-0.39, 0.29) is 5.78 Å². The van der Waals surface area contributed by atoms with Crippen LogP contribution in [0, 0.1) is 5.92 Å². The average Bonchev–Trinajstić information content (AvgIpc) is 3.18. The molecule has 3 rings (SSSR count). The first-order valence-corrected chi connectivity index (χ1v) is 9.41. The fourth-order valence-corrected chi connectivity index (χ4v) is 3.85. The number of ketones is 1. The van der Waals surface area contributed by atoms with Gasteiger partial charge in [-0.25, -0.2) is 0 Å². The molecule has 0 aliphatic carbocycles. The van der Waals surface area contributed by atoms with Crippen LogP contribution in [0.1, 0.15) is 29.8 Å². The van der Waals surface area contributed by atoms with Crippen LogP contribution in [0.2, 0.25) is 0 Å². The van der Waals surface area contributed by atoms with Gasteiger partial charge in [0.05, 0.1) is 12.4 Å². The van der Waals surface area contributed by atoms with Crippen molar-refractivity contribution in [3.8, 4) is 5.75 Å². The van der Waals surface area contributed by atoms with Gasteiger partial charge >= 0.3 is 0 Å². The molecule has 122 valence electrons. The average molecular weight is 349 g/mol. The highest BCUT2D eigenvalue weighted by molar-refractivity contribution is 8.01. The van der Waals surface area contributed by atoms with Crippen molar-refractivity contribution >= 4 is 34.0 Å². The summed E-state index contributed by atoms with van der Waals surface area (Å²) < 4.78 is 6.28. The van der Waals surface area contributed by atoms with E-state index in [2.05, 4.69) is 29.4 Å². The summed E-state index contributed by atoms with van der Waals surface area (Å²) in [7, 11) is 0. The van der Waals surface area contributed by atoms with Gasteiger partial charge in [-0.2, -0.15) is 0 Å². The summed E-state index contributed by atoms with van der Waals surface area (Å²) in [5.74, 6) is 1.94. The number of aromatic nitrogens is 2. The number of hydrogen-bond acceptors (Lipinski definition) is 7. The minimum atomic E-state index is 0.108. The first kappa shape index (κ1) is 16.3. The number of nitrogens with one attached hydrogen (secondary N) is 1. The molecule has 2 heterocycles. The molecule has 0 bridgehead atoms. The molecular weight excluding hydrogens is 330 g/mol. The summed E-state index contributed by atoms with van der Waals surface area (Å²) in [6.45, 7) is 5.86. The standard InChI is InChI=1S/C16H19N3O2S2/c1-10(2)8-17-15-18-19-16(23-15)22-9-13(20)11-3-4-14-12(7-11)5-6-21-14/h3-4,7,10H,5-6,8-9H2,1-2H3,(H,17,18). The van der Waals surface area contributed by atoms with Gasteiger partial charge in [-0.15, -0.1) is 10.2 Å². The predicted molar refractivity (Wildman–Crippen MR) is 93.9 cm³/mol. The zero-order valence-corrected chi connectivity index (χ0v) is 14.8.